The molecule has 0 spiro atoms. The van der Waals surface area contributed by atoms with Crippen molar-refractivity contribution in [2.75, 3.05) is 6.54 Å². The lowest BCUT2D eigenvalue weighted by atomic mass is 10.0. The first-order valence-electron chi connectivity index (χ1n) is 6.26. The topological polar surface area (TPSA) is 66.4 Å². The van der Waals surface area contributed by atoms with Gasteiger partial charge in [-0.25, -0.2) is 13.1 Å². The Morgan fingerprint density at radius 2 is 1.78 bits per heavy atom. The van der Waals surface area contributed by atoms with Crippen molar-refractivity contribution >= 4 is 10.0 Å². The van der Waals surface area contributed by atoms with Gasteiger partial charge in [0.15, 0.2) is 0 Å². The van der Waals surface area contributed by atoms with E-state index in [2.05, 4.69) is 4.72 Å². The Labute approximate surface area is 107 Å². The van der Waals surface area contributed by atoms with Crippen LogP contribution in [0.4, 0.5) is 0 Å². The highest BCUT2D eigenvalue weighted by atomic mass is 32.2. The zero-order chi connectivity index (χ0) is 12.8. The standard InChI is InChI=1S/C13H17NO3S/c15-13(9-14-18(16,17)12-5-6-12)7-10-3-1-2-4-11(10)8-13/h1-4,12,14-15H,5-9H2. The average molecular weight is 267 g/mol. The van der Waals surface area contributed by atoms with Gasteiger partial charge in [-0.2, -0.15) is 0 Å². The summed E-state index contributed by atoms with van der Waals surface area (Å²) in [6.07, 6.45) is 2.54. The summed E-state index contributed by atoms with van der Waals surface area (Å²) < 4.78 is 26.0. The monoisotopic (exact) mass is 267 g/mol. The lowest BCUT2D eigenvalue weighted by molar-refractivity contribution is 0.0567. The minimum Gasteiger partial charge on any atom is -0.388 e. The molecule has 0 saturated heterocycles. The quantitative estimate of drug-likeness (QED) is 0.839. The molecule has 1 saturated carbocycles. The largest absolute Gasteiger partial charge is 0.388 e. The van der Waals surface area contributed by atoms with E-state index in [4.69, 9.17) is 0 Å². The fourth-order valence-electron chi connectivity index (χ4n) is 2.53. The van der Waals surface area contributed by atoms with Crippen molar-refractivity contribution in [3.8, 4) is 0 Å². The maximum absolute atomic E-state index is 11.7. The molecule has 2 aliphatic carbocycles. The minimum atomic E-state index is -3.21. The highest BCUT2D eigenvalue weighted by Crippen LogP contribution is 2.31. The third kappa shape index (κ3) is 2.30. The van der Waals surface area contributed by atoms with Crippen LogP contribution in [-0.4, -0.2) is 30.9 Å². The van der Waals surface area contributed by atoms with E-state index in [9.17, 15) is 13.5 Å². The lowest BCUT2D eigenvalue weighted by Gasteiger charge is -2.22. The minimum absolute atomic E-state index is 0.112. The Morgan fingerprint density at radius 1 is 1.22 bits per heavy atom. The molecule has 1 aromatic rings. The Hall–Kier alpha value is -0.910. The number of fused-ring (bicyclic) bond motifs is 1. The molecular weight excluding hydrogens is 250 g/mol. The van der Waals surface area contributed by atoms with Gasteiger partial charge in [-0.3, -0.25) is 0 Å². The number of hydrogen-bond acceptors (Lipinski definition) is 3. The van der Waals surface area contributed by atoms with Gasteiger partial charge in [-0.15, -0.1) is 0 Å². The molecular formula is C13H17NO3S. The molecule has 0 aliphatic heterocycles. The van der Waals surface area contributed by atoms with Crippen LogP contribution in [-0.2, 0) is 22.9 Å². The second kappa shape index (κ2) is 4.05. The van der Waals surface area contributed by atoms with Crippen LogP contribution in [0.1, 0.15) is 24.0 Å². The molecule has 0 atom stereocenters. The first-order chi connectivity index (χ1) is 8.49. The van der Waals surface area contributed by atoms with Gasteiger partial charge in [0.2, 0.25) is 10.0 Å². The van der Waals surface area contributed by atoms with Crippen LogP contribution in [0.5, 0.6) is 0 Å². The molecule has 0 unspecified atom stereocenters. The summed E-state index contributed by atoms with van der Waals surface area (Å²) in [6, 6.07) is 7.86. The lowest BCUT2D eigenvalue weighted by Crippen LogP contribution is -2.44. The first-order valence-corrected chi connectivity index (χ1v) is 7.81. The average Bonchev–Trinajstić information content (AvgIpc) is 3.10. The fraction of sp³-hybridized carbons (Fsp3) is 0.538. The van der Waals surface area contributed by atoms with Gasteiger partial charge in [-0.05, 0) is 24.0 Å². The van der Waals surface area contributed by atoms with E-state index in [1.54, 1.807) is 0 Å². The molecule has 0 aromatic heterocycles. The SMILES string of the molecule is O=S(=O)(NCC1(O)Cc2ccccc2C1)C1CC1. The molecule has 18 heavy (non-hydrogen) atoms. The molecule has 3 rings (SSSR count). The normalized spacial score (nSPS) is 21.8. The number of benzene rings is 1. The molecule has 5 heteroatoms. The van der Waals surface area contributed by atoms with Gasteiger partial charge in [0.25, 0.3) is 0 Å². The number of rotatable bonds is 4. The second-order valence-corrected chi connectivity index (χ2v) is 7.46. The Morgan fingerprint density at radius 3 is 2.28 bits per heavy atom. The van der Waals surface area contributed by atoms with E-state index in [0.29, 0.717) is 12.8 Å². The summed E-state index contributed by atoms with van der Waals surface area (Å²) in [4.78, 5) is 0. The number of hydrogen-bond donors (Lipinski definition) is 2. The number of sulfonamides is 1. The van der Waals surface area contributed by atoms with Crippen molar-refractivity contribution in [1.29, 1.82) is 0 Å². The van der Waals surface area contributed by atoms with Gasteiger partial charge in [0.05, 0.1) is 10.9 Å². The van der Waals surface area contributed by atoms with E-state index in [1.165, 1.54) is 0 Å². The van der Waals surface area contributed by atoms with Crippen molar-refractivity contribution < 1.29 is 13.5 Å². The van der Waals surface area contributed by atoms with Crippen LogP contribution in [0.3, 0.4) is 0 Å². The molecule has 98 valence electrons. The highest BCUT2D eigenvalue weighted by Gasteiger charge is 2.40. The van der Waals surface area contributed by atoms with Crippen molar-refractivity contribution in [1.82, 2.24) is 4.72 Å². The molecule has 1 fully saturated rings. The van der Waals surface area contributed by atoms with Crippen molar-refractivity contribution in [3.63, 3.8) is 0 Å². The summed E-state index contributed by atoms with van der Waals surface area (Å²) in [5, 5.41) is 10.2. The van der Waals surface area contributed by atoms with Crippen LogP contribution in [0, 0.1) is 0 Å². The summed E-state index contributed by atoms with van der Waals surface area (Å²) in [5.74, 6) is 0. The molecule has 0 heterocycles. The van der Waals surface area contributed by atoms with Crippen molar-refractivity contribution in [2.24, 2.45) is 0 Å². The summed E-state index contributed by atoms with van der Waals surface area (Å²) >= 11 is 0. The van der Waals surface area contributed by atoms with Crippen LogP contribution < -0.4 is 4.72 Å². The third-order valence-electron chi connectivity index (χ3n) is 3.72. The smallest absolute Gasteiger partial charge is 0.214 e. The molecule has 2 aliphatic rings. The summed E-state index contributed by atoms with van der Waals surface area (Å²) in [5.41, 5.74) is 1.27. The van der Waals surface area contributed by atoms with Crippen molar-refractivity contribution in [3.05, 3.63) is 35.4 Å². The first kappa shape index (κ1) is 12.1. The predicted octanol–water partition coefficient (Wildman–Crippen LogP) is 0.598. The van der Waals surface area contributed by atoms with E-state index in [0.717, 1.165) is 24.0 Å². The molecule has 0 bridgehead atoms. The highest BCUT2D eigenvalue weighted by molar-refractivity contribution is 7.90. The maximum Gasteiger partial charge on any atom is 0.214 e. The van der Waals surface area contributed by atoms with Gasteiger partial charge in [-0.1, -0.05) is 24.3 Å². The van der Waals surface area contributed by atoms with Crippen LogP contribution in [0.15, 0.2) is 24.3 Å². The predicted molar refractivity (Wildman–Crippen MR) is 68.7 cm³/mol. The summed E-state index contributed by atoms with van der Waals surface area (Å²) in [6.45, 7) is 0.112. The zero-order valence-electron chi connectivity index (χ0n) is 10.1. The third-order valence-corrected chi connectivity index (χ3v) is 5.62. The molecule has 0 amide bonds. The molecule has 4 nitrogen and oxygen atoms in total. The Kier molecular flexibility index (Phi) is 2.73. The molecule has 2 N–H and O–H groups in total. The fourth-order valence-corrected chi connectivity index (χ4v) is 3.99. The number of aliphatic hydroxyl groups is 1. The summed E-state index contributed by atoms with van der Waals surface area (Å²) in [7, 11) is -3.21. The maximum atomic E-state index is 11.7. The van der Waals surface area contributed by atoms with Crippen LogP contribution in [0.25, 0.3) is 0 Å². The van der Waals surface area contributed by atoms with Gasteiger partial charge in [0, 0.05) is 19.4 Å². The van der Waals surface area contributed by atoms with Gasteiger partial charge < -0.3 is 5.11 Å². The van der Waals surface area contributed by atoms with Gasteiger partial charge in [0.1, 0.15) is 0 Å². The Bertz CT molecular complexity index is 538. The molecule has 0 radical (unpaired) electrons. The van der Waals surface area contributed by atoms with Crippen molar-refractivity contribution in [2.45, 2.75) is 36.5 Å². The van der Waals surface area contributed by atoms with E-state index >= 15 is 0 Å². The molecule has 1 aromatic carbocycles. The Balaban J connectivity index is 1.68. The number of nitrogens with one attached hydrogen (secondary N) is 1. The van der Waals surface area contributed by atoms with Gasteiger partial charge >= 0.3 is 0 Å². The van der Waals surface area contributed by atoms with E-state index < -0.39 is 15.6 Å². The second-order valence-electron chi connectivity index (χ2n) is 5.41. The van der Waals surface area contributed by atoms with Crippen LogP contribution >= 0.6 is 0 Å². The van der Waals surface area contributed by atoms with E-state index in [-0.39, 0.29) is 11.8 Å². The zero-order valence-corrected chi connectivity index (χ0v) is 10.9. The van der Waals surface area contributed by atoms with E-state index in [1.807, 2.05) is 24.3 Å². The van der Waals surface area contributed by atoms with Crippen LogP contribution in [0.2, 0.25) is 0 Å².